The highest BCUT2D eigenvalue weighted by Gasteiger charge is 2.17. The largest absolute Gasteiger partial charge is 0.497 e. The van der Waals surface area contributed by atoms with E-state index in [1.165, 1.54) is 11.8 Å². The Morgan fingerprint density at radius 2 is 1.88 bits per heavy atom. The molecule has 4 rings (SSSR count). The van der Waals surface area contributed by atoms with E-state index >= 15 is 0 Å². The third-order valence-electron chi connectivity index (χ3n) is 4.58. The fourth-order valence-corrected chi connectivity index (χ4v) is 4.19. The lowest BCUT2D eigenvalue weighted by Gasteiger charge is -2.10. The number of ether oxygens (including phenoxy) is 1. The van der Waals surface area contributed by atoms with Crippen molar-refractivity contribution in [2.24, 2.45) is 5.10 Å². The van der Waals surface area contributed by atoms with Crippen molar-refractivity contribution in [1.29, 1.82) is 0 Å². The Morgan fingerprint density at radius 1 is 1.09 bits per heavy atom. The zero-order chi connectivity index (χ0) is 23.0. The molecule has 3 aromatic carbocycles. The third-order valence-corrected chi connectivity index (χ3v) is 6.00. The topological polar surface area (TPSA) is 81.4 Å². The molecule has 0 spiro atoms. The summed E-state index contributed by atoms with van der Waals surface area (Å²) in [5.74, 6) is 1.35. The van der Waals surface area contributed by atoms with Crippen LogP contribution in [0.1, 0.15) is 5.56 Å². The van der Waals surface area contributed by atoms with E-state index in [0.29, 0.717) is 11.0 Å². The number of amides is 1. The first-order valence-corrected chi connectivity index (χ1v) is 11.8. The molecule has 33 heavy (non-hydrogen) atoms. The molecule has 1 aromatic heterocycles. The van der Waals surface area contributed by atoms with Crippen molar-refractivity contribution in [3.05, 3.63) is 88.9 Å². The highest BCUT2D eigenvalue weighted by Crippen LogP contribution is 2.28. The van der Waals surface area contributed by atoms with E-state index in [1.54, 1.807) is 13.3 Å². The van der Waals surface area contributed by atoms with Gasteiger partial charge in [-0.25, -0.2) is 5.43 Å². The first-order chi connectivity index (χ1) is 16.1. The molecule has 0 fully saturated rings. The van der Waals surface area contributed by atoms with Crippen molar-refractivity contribution in [1.82, 2.24) is 20.2 Å². The van der Waals surface area contributed by atoms with Gasteiger partial charge in [0.05, 0.1) is 19.1 Å². The van der Waals surface area contributed by atoms with Gasteiger partial charge in [0.15, 0.2) is 11.0 Å². The number of hydrogen-bond donors (Lipinski definition) is 1. The van der Waals surface area contributed by atoms with Crippen molar-refractivity contribution >= 4 is 39.8 Å². The number of methoxy groups -OCH3 is 1. The fraction of sp³-hybridized carbons (Fsp3) is 0.0833. The number of carbonyl (C=O) groups excluding carboxylic acids is 1. The van der Waals surface area contributed by atoms with Crippen LogP contribution in [0.4, 0.5) is 0 Å². The number of aromatic nitrogens is 3. The molecule has 0 saturated heterocycles. The molecule has 0 unspecified atom stereocenters. The molecule has 0 aliphatic carbocycles. The summed E-state index contributed by atoms with van der Waals surface area (Å²) in [5, 5.41) is 13.4. The molecule has 9 heteroatoms. The van der Waals surface area contributed by atoms with E-state index in [4.69, 9.17) is 4.74 Å². The molecule has 1 heterocycles. The van der Waals surface area contributed by atoms with Crippen molar-refractivity contribution in [2.45, 2.75) is 5.16 Å². The van der Waals surface area contributed by atoms with Gasteiger partial charge in [-0.2, -0.15) is 5.10 Å². The first kappa shape index (κ1) is 22.8. The van der Waals surface area contributed by atoms with Crippen molar-refractivity contribution in [2.75, 3.05) is 12.9 Å². The number of nitrogens with zero attached hydrogens (tertiary/aromatic N) is 4. The lowest BCUT2D eigenvalue weighted by molar-refractivity contribution is -0.118. The Labute approximate surface area is 204 Å². The molecule has 0 radical (unpaired) electrons. The number of thioether (sulfide) groups is 1. The van der Waals surface area contributed by atoms with E-state index in [2.05, 4.69) is 36.7 Å². The Morgan fingerprint density at radius 3 is 2.61 bits per heavy atom. The van der Waals surface area contributed by atoms with E-state index in [1.807, 2.05) is 83.4 Å². The molecule has 1 amide bonds. The lowest BCUT2D eigenvalue weighted by atomic mass is 10.2. The Bertz CT molecular complexity index is 1260. The lowest BCUT2D eigenvalue weighted by Crippen LogP contribution is -2.20. The number of hydrogen-bond acceptors (Lipinski definition) is 6. The number of rotatable bonds is 8. The Kier molecular flexibility index (Phi) is 7.54. The van der Waals surface area contributed by atoms with Gasteiger partial charge in [-0.3, -0.25) is 9.36 Å². The van der Waals surface area contributed by atoms with Crippen LogP contribution in [0.5, 0.6) is 5.75 Å². The maximum absolute atomic E-state index is 12.3. The van der Waals surface area contributed by atoms with Crippen LogP contribution in [0.2, 0.25) is 0 Å². The van der Waals surface area contributed by atoms with Crippen LogP contribution < -0.4 is 10.2 Å². The quantitative estimate of drug-likeness (QED) is 0.201. The highest BCUT2D eigenvalue weighted by atomic mass is 79.9. The SMILES string of the molecule is COc1ccc(-c2nnc(SCC(=O)N/N=C\c3cccc(Br)c3)n2-c2ccccc2)cc1. The minimum atomic E-state index is -0.236. The second-order valence-corrected chi connectivity index (χ2v) is 8.70. The van der Waals surface area contributed by atoms with Crippen molar-refractivity contribution in [3.8, 4) is 22.8 Å². The number of carbonyl (C=O) groups is 1. The number of benzene rings is 3. The summed E-state index contributed by atoms with van der Waals surface area (Å²) in [7, 11) is 1.63. The summed E-state index contributed by atoms with van der Waals surface area (Å²) < 4.78 is 8.13. The van der Waals surface area contributed by atoms with Crippen molar-refractivity contribution < 1.29 is 9.53 Å². The average Bonchev–Trinajstić information content (AvgIpc) is 3.27. The van der Waals surface area contributed by atoms with Gasteiger partial charge >= 0.3 is 0 Å². The fourth-order valence-electron chi connectivity index (χ4n) is 3.03. The smallest absolute Gasteiger partial charge is 0.250 e. The minimum Gasteiger partial charge on any atom is -0.497 e. The second kappa shape index (κ2) is 10.9. The van der Waals surface area contributed by atoms with Gasteiger partial charge in [0, 0.05) is 15.7 Å². The summed E-state index contributed by atoms with van der Waals surface area (Å²) in [4.78, 5) is 12.3. The molecule has 0 aliphatic rings. The van der Waals surface area contributed by atoms with Gasteiger partial charge in [-0.05, 0) is 54.1 Å². The van der Waals surface area contributed by atoms with Crippen LogP contribution in [0.25, 0.3) is 17.1 Å². The molecule has 0 atom stereocenters. The maximum atomic E-state index is 12.3. The number of para-hydroxylation sites is 1. The van der Waals surface area contributed by atoms with Gasteiger partial charge in [0.25, 0.3) is 5.91 Å². The van der Waals surface area contributed by atoms with E-state index in [0.717, 1.165) is 27.0 Å². The summed E-state index contributed by atoms with van der Waals surface area (Å²) in [6.07, 6.45) is 1.60. The van der Waals surface area contributed by atoms with Crippen LogP contribution in [0.15, 0.2) is 93.6 Å². The zero-order valence-corrected chi connectivity index (χ0v) is 20.1. The van der Waals surface area contributed by atoms with Crippen LogP contribution in [-0.4, -0.2) is 39.7 Å². The number of nitrogens with one attached hydrogen (secondary N) is 1. The summed E-state index contributed by atoms with van der Waals surface area (Å²) in [5.41, 5.74) is 5.23. The molecular formula is C24H20BrN5O2S. The van der Waals surface area contributed by atoms with Crippen LogP contribution in [0.3, 0.4) is 0 Å². The van der Waals surface area contributed by atoms with E-state index in [9.17, 15) is 4.79 Å². The second-order valence-electron chi connectivity index (χ2n) is 6.84. The number of halogens is 1. The van der Waals surface area contributed by atoms with Gasteiger partial charge in [-0.15, -0.1) is 10.2 Å². The van der Waals surface area contributed by atoms with Crippen LogP contribution in [0, 0.1) is 0 Å². The third kappa shape index (κ3) is 5.88. The molecule has 1 N–H and O–H groups in total. The highest BCUT2D eigenvalue weighted by molar-refractivity contribution is 9.10. The van der Waals surface area contributed by atoms with Crippen molar-refractivity contribution in [3.63, 3.8) is 0 Å². The molecule has 166 valence electrons. The molecule has 0 saturated carbocycles. The summed E-state index contributed by atoms with van der Waals surface area (Å²) in [6.45, 7) is 0. The minimum absolute atomic E-state index is 0.142. The van der Waals surface area contributed by atoms with Gasteiger partial charge in [-0.1, -0.05) is 58.0 Å². The van der Waals surface area contributed by atoms with E-state index < -0.39 is 0 Å². The molecular weight excluding hydrogens is 502 g/mol. The van der Waals surface area contributed by atoms with Gasteiger partial charge < -0.3 is 4.74 Å². The molecule has 0 aliphatic heterocycles. The monoisotopic (exact) mass is 521 g/mol. The van der Waals surface area contributed by atoms with E-state index in [-0.39, 0.29) is 11.7 Å². The van der Waals surface area contributed by atoms with Gasteiger partial charge in [0.1, 0.15) is 5.75 Å². The Balaban J connectivity index is 1.50. The Hall–Kier alpha value is -3.43. The van der Waals surface area contributed by atoms with Crippen LogP contribution in [-0.2, 0) is 4.79 Å². The first-order valence-electron chi connectivity index (χ1n) is 9.99. The van der Waals surface area contributed by atoms with Crippen LogP contribution >= 0.6 is 27.7 Å². The molecule has 0 bridgehead atoms. The predicted molar refractivity (Wildman–Crippen MR) is 134 cm³/mol. The molecule has 4 aromatic rings. The summed E-state index contributed by atoms with van der Waals surface area (Å²) in [6, 6.07) is 25.1. The summed E-state index contributed by atoms with van der Waals surface area (Å²) >= 11 is 4.70. The molecule has 7 nitrogen and oxygen atoms in total. The average molecular weight is 522 g/mol. The maximum Gasteiger partial charge on any atom is 0.250 e. The zero-order valence-electron chi connectivity index (χ0n) is 17.7. The predicted octanol–water partition coefficient (Wildman–Crippen LogP) is 4.95. The normalized spacial score (nSPS) is 11.0. The standard InChI is InChI=1S/C24H20BrN5O2S/c1-32-21-12-10-18(11-13-21)23-28-29-24(30(23)20-8-3-2-4-9-20)33-16-22(31)27-26-15-17-6-5-7-19(25)14-17/h2-15H,16H2,1H3,(H,27,31)/b26-15-. The van der Waals surface area contributed by atoms with Gasteiger partial charge in [0.2, 0.25) is 0 Å². The number of hydrazone groups is 1.